The van der Waals surface area contributed by atoms with E-state index in [1.54, 1.807) is 0 Å². The second-order valence-electron chi connectivity index (χ2n) is 3.59. The molecule has 1 aliphatic heterocycles. The van der Waals surface area contributed by atoms with Gasteiger partial charge in [-0.3, -0.25) is 4.79 Å². The molecule has 3 nitrogen and oxygen atoms in total. The van der Waals surface area contributed by atoms with Crippen LogP contribution in [0.2, 0.25) is 0 Å². The minimum absolute atomic E-state index is 0.293. The highest BCUT2D eigenvalue weighted by molar-refractivity contribution is 5.66. The summed E-state index contributed by atoms with van der Waals surface area (Å²) in [6.45, 7) is 3.79. The highest BCUT2D eigenvalue weighted by atomic mass is 16.5. The van der Waals surface area contributed by atoms with Crippen molar-refractivity contribution in [2.24, 2.45) is 5.41 Å². The largest absolute Gasteiger partial charge is 0.481 e. The van der Waals surface area contributed by atoms with Gasteiger partial charge in [0.1, 0.15) is 0 Å². The maximum absolute atomic E-state index is 10.2. The minimum atomic E-state index is -0.693. The molecule has 0 spiro atoms. The molecule has 1 saturated heterocycles. The van der Waals surface area contributed by atoms with Gasteiger partial charge in [-0.05, 0) is 19.3 Å². The number of aliphatic carboxylic acids is 1. The molecule has 12 heavy (non-hydrogen) atoms. The monoisotopic (exact) mass is 172 g/mol. The zero-order chi connectivity index (χ0) is 9.03. The van der Waals surface area contributed by atoms with Crippen molar-refractivity contribution in [3.8, 4) is 0 Å². The Morgan fingerprint density at radius 3 is 2.58 bits per heavy atom. The molecule has 1 aliphatic rings. The number of rotatable bonds is 5. The van der Waals surface area contributed by atoms with E-state index < -0.39 is 5.97 Å². The van der Waals surface area contributed by atoms with Gasteiger partial charge in [0, 0.05) is 11.8 Å². The maximum Gasteiger partial charge on any atom is 0.303 e. The summed E-state index contributed by atoms with van der Waals surface area (Å²) in [5.74, 6) is -0.693. The van der Waals surface area contributed by atoms with E-state index in [0.29, 0.717) is 11.8 Å². The lowest BCUT2D eigenvalue weighted by atomic mass is 9.78. The standard InChI is InChI=1S/C9H16O3/c1-2-9(6-12-7-9)5-3-4-8(10)11/h2-7H2,1H3,(H,10,11). The van der Waals surface area contributed by atoms with Gasteiger partial charge in [0.25, 0.3) is 0 Å². The van der Waals surface area contributed by atoms with Crippen LogP contribution in [0.4, 0.5) is 0 Å². The van der Waals surface area contributed by atoms with Gasteiger partial charge in [0.05, 0.1) is 13.2 Å². The average Bonchev–Trinajstić information content (AvgIpc) is 1.94. The number of ether oxygens (including phenoxy) is 1. The summed E-state index contributed by atoms with van der Waals surface area (Å²) in [5, 5.41) is 8.44. The van der Waals surface area contributed by atoms with Gasteiger partial charge >= 0.3 is 5.97 Å². The van der Waals surface area contributed by atoms with Gasteiger partial charge in [0.15, 0.2) is 0 Å². The van der Waals surface area contributed by atoms with Crippen molar-refractivity contribution in [1.29, 1.82) is 0 Å². The Morgan fingerprint density at radius 2 is 2.25 bits per heavy atom. The molecule has 0 aromatic rings. The predicted molar refractivity (Wildman–Crippen MR) is 45.0 cm³/mol. The Kier molecular flexibility index (Phi) is 3.09. The van der Waals surface area contributed by atoms with Crippen molar-refractivity contribution >= 4 is 5.97 Å². The normalized spacial score (nSPS) is 20.1. The molecule has 70 valence electrons. The topological polar surface area (TPSA) is 46.5 Å². The summed E-state index contributed by atoms with van der Waals surface area (Å²) in [7, 11) is 0. The molecule has 0 aromatic heterocycles. The number of hydrogen-bond donors (Lipinski definition) is 1. The van der Waals surface area contributed by atoms with Crippen LogP contribution in [0.15, 0.2) is 0 Å². The third kappa shape index (κ3) is 2.21. The fraction of sp³-hybridized carbons (Fsp3) is 0.889. The molecule has 1 N–H and O–H groups in total. The van der Waals surface area contributed by atoms with Crippen LogP contribution in [0, 0.1) is 5.41 Å². The van der Waals surface area contributed by atoms with Crippen LogP contribution in [0.25, 0.3) is 0 Å². The summed E-state index contributed by atoms with van der Waals surface area (Å²) in [6, 6.07) is 0. The predicted octanol–water partition coefficient (Wildman–Crippen LogP) is 1.67. The van der Waals surface area contributed by atoms with E-state index in [-0.39, 0.29) is 0 Å². The van der Waals surface area contributed by atoms with Gasteiger partial charge in [-0.15, -0.1) is 0 Å². The summed E-state index contributed by atoms with van der Waals surface area (Å²) in [6.07, 6.45) is 3.18. The average molecular weight is 172 g/mol. The first-order chi connectivity index (χ1) is 5.68. The van der Waals surface area contributed by atoms with Crippen LogP contribution in [-0.2, 0) is 9.53 Å². The fourth-order valence-electron chi connectivity index (χ4n) is 1.53. The Morgan fingerprint density at radius 1 is 1.58 bits per heavy atom. The highest BCUT2D eigenvalue weighted by Gasteiger charge is 2.35. The molecule has 0 amide bonds. The number of carboxylic acid groups (broad SMARTS) is 1. The molecule has 0 aromatic carbocycles. The smallest absolute Gasteiger partial charge is 0.303 e. The maximum atomic E-state index is 10.2. The van der Waals surface area contributed by atoms with Crippen molar-refractivity contribution < 1.29 is 14.6 Å². The van der Waals surface area contributed by atoms with Crippen LogP contribution in [0.5, 0.6) is 0 Å². The van der Waals surface area contributed by atoms with Gasteiger partial charge in [0.2, 0.25) is 0 Å². The molecule has 1 rings (SSSR count). The molecule has 0 unspecified atom stereocenters. The molecular formula is C9H16O3. The molecule has 3 heteroatoms. The fourth-order valence-corrected chi connectivity index (χ4v) is 1.53. The third-order valence-corrected chi connectivity index (χ3v) is 2.66. The van der Waals surface area contributed by atoms with Crippen molar-refractivity contribution in [3.05, 3.63) is 0 Å². The van der Waals surface area contributed by atoms with Gasteiger partial charge in [-0.2, -0.15) is 0 Å². The minimum Gasteiger partial charge on any atom is -0.481 e. The summed E-state index contributed by atoms with van der Waals surface area (Å²) < 4.78 is 5.14. The first-order valence-corrected chi connectivity index (χ1v) is 4.48. The zero-order valence-corrected chi connectivity index (χ0v) is 7.51. The quantitative estimate of drug-likeness (QED) is 0.686. The molecule has 0 aliphatic carbocycles. The second-order valence-corrected chi connectivity index (χ2v) is 3.59. The van der Waals surface area contributed by atoms with E-state index in [1.807, 2.05) is 0 Å². The van der Waals surface area contributed by atoms with Crippen molar-refractivity contribution in [2.75, 3.05) is 13.2 Å². The first kappa shape index (κ1) is 9.52. The Hall–Kier alpha value is -0.570. The first-order valence-electron chi connectivity index (χ1n) is 4.48. The zero-order valence-electron chi connectivity index (χ0n) is 7.51. The third-order valence-electron chi connectivity index (χ3n) is 2.66. The summed E-state index contributed by atoms with van der Waals surface area (Å²) >= 11 is 0. The second kappa shape index (κ2) is 3.90. The molecule has 0 atom stereocenters. The SMILES string of the molecule is CCC1(CCCC(=O)O)COC1. The Bertz CT molecular complexity index is 156. The van der Waals surface area contributed by atoms with E-state index in [1.165, 1.54) is 0 Å². The number of carbonyl (C=O) groups is 1. The lowest BCUT2D eigenvalue weighted by molar-refractivity contribution is -0.139. The number of carboxylic acids is 1. The molecule has 1 heterocycles. The molecular weight excluding hydrogens is 156 g/mol. The van der Waals surface area contributed by atoms with Crippen LogP contribution in [0.1, 0.15) is 32.6 Å². The van der Waals surface area contributed by atoms with Crippen LogP contribution in [-0.4, -0.2) is 24.3 Å². The van der Waals surface area contributed by atoms with Crippen LogP contribution < -0.4 is 0 Å². The highest BCUT2D eigenvalue weighted by Crippen LogP contribution is 2.36. The number of hydrogen-bond acceptors (Lipinski definition) is 2. The van der Waals surface area contributed by atoms with Gasteiger partial charge < -0.3 is 9.84 Å². The van der Waals surface area contributed by atoms with Crippen LogP contribution in [0.3, 0.4) is 0 Å². The van der Waals surface area contributed by atoms with Crippen molar-refractivity contribution in [1.82, 2.24) is 0 Å². The van der Waals surface area contributed by atoms with E-state index in [0.717, 1.165) is 32.5 Å². The van der Waals surface area contributed by atoms with E-state index >= 15 is 0 Å². The summed E-state index contributed by atoms with van der Waals surface area (Å²) in [5.41, 5.74) is 0.315. The van der Waals surface area contributed by atoms with Crippen molar-refractivity contribution in [2.45, 2.75) is 32.6 Å². The van der Waals surface area contributed by atoms with E-state index in [4.69, 9.17) is 9.84 Å². The summed E-state index contributed by atoms with van der Waals surface area (Å²) in [4.78, 5) is 10.2. The van der Waals surface area contributed by atoms with Crippen molar-refractivity contribution in [3.63, 3.8) is 0 Å². The molecule has 0 radical (unpaired) electrons. The van der Waals surface area contributed by atoms with Gasteiger partial charge in [-0.1, -0.05) is 6.92 Å². The molecule has 0 bridgehead atoms. The van der Waals surface area contributed by atoms with E-state index in [9.17, 15) is 4.79 Å². The molecule has 1 fully saturated rings. The van der Waals surface area contributed by atoms with E-state index in [2.05, 4.69) is 6.92 Å². The Balaban J connectivity index is 2.16. The molecule has 0 saturated carbocycles. The van der Waals surface area contributed by atoms with Crippen LogP contribution >= 0.6 is 0 Å². The van der Waals surface area contributed by atoms with Gasteiger partial charge in [-0.25, -0.2) is 0 Å². The lowest BCUT2D eigenvalue weighted by Crippen LogP contribution is -2.41. The lowest BCUT2D eigenvalue weighted by Gasteiger charge is -2.40. The Labute approximate surface area is 72.7 Å².